The average molecular weight is 348 g/mol. The lowest BCUT2D eigenvalue weighted by Gasteiger charge is -2.11. The molecule has 0 radical (unpaired) electrons. The third-order valence-electron chi connectivity index (χ3n) is 3.31. The number of amides is 1. The van der Waals surface area contributed by atoms with Gasteiger partial charge in [0.1, 0.15) is 17.3 Å². The zero-order valence-electron chi connectivity index (χ0n) is 13.6. The van der Waals surface area contributed by atoms with Gasteiger partial charge in [-0.15, -0.1) is 0 Å². The van der Waals surface area contributed by atoms with Gasteiger partial charge in [0.2, 0.25) is 5.91 Å². The van der Waals surface area contributed by atoms with Crippen molar-refractivity contribution in [1.82, 2.24) is 0 Å². The first-order chi connectivity index (χ1) is 12.0. The number of hydrogen-bond acceptors (Lipinski definition) is 4. The Morgan fingerprint density at radius 3 is 2.40 bits per heavy atom. The highest BCUT2D eigenvalue weighted by Gasteiger charge is 2.14. The molecule has 0 spiro atoms. The monoisotopic (exact) mass is 348 g/mol. The lowest BCUT2D eigenvalue weighted by molar-refractivity contribution is -0.115. The molecular weight excluding hydrogens is 330 g/mol. The maximum Gasteiger partial charge on any atom is 0.340 e. The summed E-state index contributed by atoms with van der Waals surface area (Å²) in [6.45, 7) is 1.94. The van der Waals surface area contributed by atoms with Crippen LogP contribution in [0.1, 0.15) is 23.7 Å². The standard InChI is InChI=1S/C18H18F2N2O3/c1-2-25-18(24)12-6-3-4-9-15(12)22-16(23)10-11-21-17-13(19)7-5-8-14(17)20/h3-9,21H,2,10-11H2,1H3,(H,22,23). The van der Waals surface area contributed by atoms with E-state index < -0.39 is 23.5 Å². The van der Waals surface area contributed by atoms with E-state index in [0.29, 0.717) is 5.69 Å². The molecule has 25 heavy (non-hydrogen) atoms. The summed E-state index contributed by atoms with van der Waals surface area (Å²) in [4.78, 5) is 23.9. The van der Waals surface area contributed by atoms with E-state index in [1.165, 1.54) is 6.07 Å². The minimum absolute atomic E-state index is 0.0330. The Balaban J connectivity index is 1.94. The highest BCUT2D eigenvalue weighted by Crippen LogP contribution is 2.19. The lowest BCUT2D eigenvalue weighted by atomic mass is 10.1. The highest BCUT2D eigenvalue weighted by atomic mass is 19.1. The Kier molecular flexibility index (Phi) is 6.45. The van der Waals surface area contributed by atoms with E-state index in [0.717, 1.165) is 12.1 Å². The summed E-state index contributed by atoms with van der Waals surface area (Å²) in [6.07, 6.45) is -0.0368. The van der Waals surface area contributed by atoms with E-state index in [2.05, 4.69) is 10.6 Å². The molecule has 0 aliphatic rings. The number of carbonyl (C=O) groups excluding carboxylic acids is 2. The van der Waals surface area contributed by atoms with Gasteiger partial charge in [-0.1, -0.05) is 18.2 Å². The summed E-state index contributed by atoms with van der Waals surface area (Å²) in [6, 6.07) is 9.96. The Morgan fingerprint density at radius 2 is 1.72 bits per heavy atom. The van der Waals surface area contributed by atoms with Gasteiger partial charge in [0.15, 0.2) is 0 Å². The molecule has 0 aromatic heterocycles. The predicted molar refractivity (Wildman–Crippen MR) is 90.5 cm³/mol. The van der Waals surface area contributed by atoms with Gasteiger partial charge < -0.3 is 15.4 Å². The Hall–Kier alpha value is -2.96. The van der Waals surface area contributed by atoms with Crippen molar-refractivity contribution < 1.29 is 23.1 Å². The fraction of sp³-hybridized carbons (Fsp3) is 0.222. The first-order valence-corrected chi connectivity index (χ1v) is 7.76. The summed E-state index contributed by atoms with van der Waals surface area (Å²) in [5.41, 5.74) is 0.288. The minimum Gasteiger partial charge on any atom is -0.462 e. The molecule has 132 valence electrons. The van der Waals surface area contributed by atoms with Crippen LogP contribution < -0.4 is 10.6 Å². The van der Waals surface area contributed by atoms with Crippen molar-refractivity contribution in [2.24, 2.45) is 0 Å². The Labute approximate surface area is 144 Å². The third-order valence-corrected chi connectivity index (χ3v) is 3.31. The number of nitrogens with one attached hydrogen (secondary N) is 2. The number of rotatable bonds is 7. The van der Waals surface area contributed by atoms with Gasteiger partial charge in [0.05, 0.1) is 17.9 Å². The Bertz CT molecular complexity index is 745. The maximum absolute atomic E-state index is 13.5. The summed E-state index contributed by atoms with van der Waals surface area (Å²) < 4.78 is 31.9. The molecule has 0 aliphatic carbocycles. The van der Waals surface area contributed by atoms with E-state index in [9.17, 15) is 18.4 Å². The molecule has 5 nitrogen and oxygen atoms in total. The number of hydrogen-bond donors (Lipinski definition) is 2. The molecule has 1 amide bonds. The van der Waals surface area contributed by atoms with Gasteiger partial charge in [-0.2, -0.15) is 0 Å². The van der Waals surface area contributed by atoms with Gasteiger partial charge >= 0.3 is 5.97 Å². The van der Waals surface area contributed by atoms with E-state index >= 15 is 0 Å². The maximum atomic E-state index is 13.5. The number of anilines is 2. The largest absolute Gasteiger partial charge is 0.462 e. The predicted octanol–water partition coefficient (Wildman–Crippen LogP) is 3.58. The van der Waals surface area contributed by atoms with Gasteiger partial charge in [0.25, 0.3) is 0 Å². The summed E-state index contributed by atoms with van der Waals surface area (Å²) >= 11 is 0. The van der Waals surface area contributed by atoms with Crippen molar-refractivity contribution in [1.29, 1.82) is 0 Å². The van der Waals surface area contributed by atoms with Crippen LogP contribution in [0.3, 0.4) is 0 Å². The van der Waals surface area contributed by atoms with Crippen LogP contribution in [0.2, 0.25) is 0 Å². The van der Waals surface area contributed by atoms with Crippen LogP contribution in [0.5, 0.6) is 0 Å². The highest BCUT2D eigenvalue weighted by molar-refractivity contribution is 6.01. The fourth-order valence-electron chi connectivity index (χ4n) is 2.16. The molecule has 2 N–H and O–H groups in total. The number of carbonyl (C=O) groups is 2. The van der Waals surface area contributed by atoms with Crippen LogP contribution in [0, 0.1) is 11.6 Å². The van der Waals surface area contributed by atoms with Crippen LogP contribution in [-0.4, -0.2) is 25.0 Å². The number of halogens is 2. The molecule has 0 aliphatic heterocycles. The van der Waals surface area contributed by atoms with Crippen LogP contribution >= 0.6 is 0 Å². The quantitative estimate of drug-likeness (QED) is 0.751. The van der Waals surface area contributed by atoms with Crippen molar-refractivity contribution >= 4 is 23.3 Å². The Morgan fingerprint density at radius 1 is 1.04 bits per heavy atom. The average Bonchev–Trinajstić information content (AvgIpc) is 2.58. The molecule has 0 unspecified atom stereocenters. The molecule has 0 saturated heterocycles. The van der Waals surface area contributed by atoms with Crippen LogP contribution in [0.25, 0.3) is 0 Å². The van der Waals surface area contributed by atoms with Gasteiger partial charge in [-0.25, -0.2) is 13.6 Å². The number of benzene rings is 2. The van der Waals surface area contributed by atoms with E-state index in [-0.39, 0.29) is 30.8 Å². The molecule has 0 atom stereocenters. The molecule has 7 heteroatoms. The van der Waals surface area contributed by atoms with E-state index in [1.54, 1.807) is 31.2 Å². The molecule has 2 aromatic carbocycles. The summed E-state index contributed by atoms with van der Waals surface area (Å²) in [7, 11) is 0. The number of para-hydroxylation sites is 2. The molecule has 0 bridgehead atoms. The van der Waals surface area contributed by atoms with Crippen molar-refractivity contribution in [2.75, 3.05) is 23.8 Å². The van der Waals surface area contributed by atoms with Crippen LogP contribution in [0.4, 0.5) is 20.2 Å². The smallest absolute Gasteiger partial charge is 0.340 e. The zero-order valence-corrected chi connectivity index (χ0v) is 13.6. The second kappa shape index (κ2) is 8.77. The first-order valence-electron chi connectivity index (χ1n) is 7.76. The third kappa shape index (κ3) is 5.00. The molecular formula is C18H18F2N2O3. The minimum atomic E-state index is -0.729. The summed E-state index contributed by atoms with van der Waals surface area (Å²) in [5.74, 6) is -2.40. The van der Waals surface area contributed by atoms with Gasteiger partial charge in [-0.3, -0.25) is 4.79 Å². The van der Waals surface area contributed by atoms with Gasteiger partial charge in [-0.05, 0) is 31.2 Å². The van der Waals surface area contributed by atoms with Crippen molar-refractivity contribution in [3.05, 3.63) is 59.7 Å². The molecule has 0 fully saturated rings. The van der Waals surface area contributed by atoms with Crippen molar-refractivity contribution in [3.8, 4) is 0 Å². The van der Waals surface area contributed by atoms with Crippen LogP contribution in [0.15, 0.2) is 42.5 Å². The van der Waals surface area contributed by atoms with Crippen molar-refractivity contribution in [3.63, 3.8) is 0 Å². The number of esters is 1. The van der Waals surface area contributed by atoms with Gasteiger partial charge in [0, 0.05) is 13.0 Å². The second-order valence-corrected chi connectivity index (χ2v) is 5.09. The lowest BCUT2D eigenvalue weighted by Crippen LogP contribution is -2.19. The van der Waals surface area contributed by atoms with E-state index in [1.807, 2.05) is 0 Å². The number of ether oxygens (including phenoxy) is 1. The first kappa shape index (κ1) is 18.4. The van der Waals surface area contributed by atoms with Crippen LogP contribution in [-0.2, 0) is 9.53 Å². The van der Waals surface area contributed by atoms with Crippen molar-refractivity contribution in [2.45, 2.75) is 13.3 Å². The molecule has 2 rings (SSSR count). The topological polar surface area (TPSA) is 67.4 Å². The zero-order chi connectivity index (χ0) is 18.2. The molecule has 0 saturated carbocycles. The second-order valence-electron chi connectivity index (χ2n) is 5.09. The fourth-order valence-corrected chi connectivity index (χ4v) is 2.16. The normalized spacial score (nSPS) is 10.2. The molecule has 0 heterocycles. The SMILES string of the molecule is CCOC(=O)c1ccccc1NC(=O)CCNc1c(F)cccc1F. The summed E-state index contributed by atoms with van der Waals surface area (Å²) in [5, 5.41) is 5.15. The molecule has 2 aromatic rings. The van der Waals surface area contributed by atoms with E-state index in [4.69, 9.17) is 4.74 Å².